The second-order valence-corrected chi connectivity index (χ2v) is 5.30. The third kappa shape index (κ3) is 3.86. The summed E-state index contributed by atoms with van der Waals surface area (Å²) in [4.78, 5) is 25.8. The summed E-state index contributed by atoms with van der Waals surface area (Å²) in [5.74, 6) is -0.436. The molecule has 1 aromatic heterocycles. The van der Waals surface area contributed by atoms with E-state index >= 15 is 0 Å². The molecule has 0 bridgehead atoms. The molecule has 122 valence electrons. The Labute approximate surface area is 134 Å². The van der Waals surface area contributed by atoms with Crippen LogP contribution in [0.3, 0.4) is 0 Å². The van der Waals surface area contributed by atoms with Gasteiger partial charge in [0.1, 0.15) is 5.82 Å². The van der Waals surface area contributed by atoms with Crippen LogP contribution in [-0.4, -0.2) is 29.7 Å². The Morgan fingerprint density at radius 3 is 2.26 bits per heavy atom. The van der Waals surface area contributed by atoms with E-state index in [4.69, 9.17) is 4.42 Å². The molecule has 1 aromatic carbocycles. The van der Waals surface area contributed by atoms with Crippen LogP contribution in [-0.2, 0) is 6.42 Å². The molecule has 23 heavy (non-hydrogen) atoms. The Hall–Kier alpha value is -2.43. The van der Waals surface area contributed by atoms with Gasteiger partial charge in [0.05, 0.1) is 0 Å². The van der Waals surface area contributed by atoms with Gasteiger partial charge in [0.25, 0.3) is 5.91 Å². The topological polar surface area (TPSA) is 50.5 Å². The number of Topliss-reactive ketones (excluding diaryl/α,β-unsaturated/α-hetero) is 1. The Morgan fingerprint density at radius 1 is 1.13 bits per heavy atom. The molecule has 0 spiro atoms. The van der Waals surface area contributed by atoms with E-state index in [1.807, 2.05) is 13.8 Å². The molecule has 5 heteroatoms. The summed E-state index contributed by atoms with van der Waals surface area (Å²) in [6.45, 7) is 6.31. The highest BCUT2D eigenvalue weighted by Gasteiger charge is 2.22. The molecule has 1 heterocycles. The summed E-state index contributed by atoms with van der Waals surface area (Å²) in [5, 5.41) is 0. The molecule has 4 nitrogen and oxygen atoms in total. The van der Waals surface area contributed by atoms with Gasteiger partial charge < -0.3 is 9.32 Å². The number of benzene rings is 1. The lowest BCUT2D eigenvalue weighted by atomic mass is 10.0. The first-order valence-electron chi connectivity index (χ1n) is 7.63. The molecule has 1 amide bonds. The molecular weight excluding hydrogens is 297 g/mol. The number of amides is 1. The fourth-order valence-electron chi connectivity index (χ4n) is 2.45. The van der Waals surface area contributed by atoms with Gasteiger partial charge in [-0.1, -0.05) is 12.1 Å². The number of hydrogen-bond acceptors (Lipinski definition) is 3. The van der Waals surface area contributed by atoms with Crippen LogP contribution in [0.15, 0.2) is 34.7 Å². The third-order valence-electron chi connectivity index (χ3n) is 3.70. The fraction of sp³-hybridized carbons (Fsp3) is 0.333. The van der Waals surface area contributed by atoms with Crippen molar-refractivity contribution in [1.29, 1.82) is 0 Å². The standard InChI is InChI=1S/C18H20FNO3/c1-4-20(5-2)18(22)16-11-14(17(23-16)12(3)21)10-13-6-8-15(19)9-7-13/h6-9,11H,4-5,10H2,1-3H3. The smallest absolute Gasteiger partial charge is 0.289 e. The average Bonchev–Trinajstić information content (AvgIpc) is 2.95. The van der Waals surface area contributed by atoms with Crippen molar-refractivity contribution in [2.45, 2.75) is 27.2 Å². The minimum Gasteiger partial charge on any atom is -0.448 e. The number of nitrogens with zero attached hydrogens (tertiary/aromatic N) is 1. The van der Waals surface area contributed by atoms with Crippen molar-refractivity contribution in [3.63, 3.8) is 0 Å². The van der Waals surface area contributed by atoms with E-state index in [9.17, 15) is 14.0 Å². The van der Waals surface area contributed by atoms with E-state index in [1.54, 1.807) is 23.1 Å². The normalized spacial score (nSPS) is 10.6. The van der Waals surface area contributed by atoms with E-state index in [-0.39, 0.29) is 29.0 Å². The van der Waals surface area contributed by atoms with Gasteiger partial charge in [-0.3, -0.25) is 9.59 Å². The number of carbonyl (C=O) groups excluding carboxylic acids is 2. The molecule has 0 fully saturated rings. The first-order chi connectivity index (χ1) is 11.0. The maximum Gasteiger partial charge on any atom is 0.289 e. The lowest BCUT2D eigenvalue weighted by Crippen LogP contribution is -2.30. The van der Waals surface area contributed by atoms with Crippen molar-refractivity contribution < 1.29 is 18.4 Å². The monoisotopic (exact) mass is 317 g/mol. The molecule has 0 saturated carbocycles. The zero-order valence-electron chi connectivity index (χ0n) is 13.6. The predicted octanol–water partition coefficient (Wildman–Crippen LogP) is 3.69. The second kappa shape index (κ2) is 7.22. The molecule has 0 saturated heterocycles. The Kier molecular flexibility index (Phi) is 5.32. The molecule has 0 aliphatic carbocycles. The first kappa shape index (κ1) is 16.9. The predicted molar refractivity (Wildman–Crippen MR) is 85.2 cm³/mol. The van der Waals surface area contributed by atoms with Gasteiger partial charge in [-0.25, -0.2) is 4.39 Å². The quantitative estimate of drug-likeness (QED) is 0.763. The minimum atomic E-state index is -0.315. The van der Waals surface area contributed by atoms with Crippen molar-refractivity contribution in [2.75, 3.05) is 13.1 Å². The van der Waals surface area contributed by atoms with Crippen LogP contribution >= 0.6 is 0 Å². The highest BCUT2D eigenvalue weighted by Crippen LogP contribution is 2.21. The number of carbonyl (C=O) groups is 2. The minimum absolute atomic E-state index is 0.163. The average molecular weight is 317 g/mol. The Balaban J connectivity index is 2.33. The second-order valence-electron chi connectivity index (χ2n) is 5.30. The maximum absolute atomic E-state index is 13.0. The summed E-state index contributed by atoms with van der Waals surface area (Å²) in [5.41, 5.74) is 1.48. The van der Waals surface area contributed by atoms with Crippen LogP contribution in [0, 0.1) is 5.82 Å². The van der Waals surface area contributed by atoms with Gasteiger partial charge in [0, 0.05) is 32.0 Å². The van der Waals surface area contributed by atoms with Crippen molar-refractivity contribution in [3.8, 4) is 0 Å². The van der Waals surface area contributed by atoms with E-state index in [0.717, 1.165) is 5.56 Å². The van der Waals surface area contributed by atoms with Crippen LogP contribution in [0.5, 0.6) is 0 Å². The summed E-state index contributed by atoms with van der Waals surface area (Å²) in [7, 11) is 0. The van der Waals surface area contributed by atoms with Gasteiger partial charge in [0.15, 0.2) is 17.3 Å². The lowest BCUT2D eigenvalue weighted by molar-refractivity contribution is 0.0738. The molecule has 0 unspecified atom stereocenters. The number of hydrogen-bond donors (Lipinski definition) is 0. The van der Waals surface area contributed by atoms with Crippen LogP contribution in [0.1, 0.15) is 53.0 Å². The number of rotatable bonds is 6. The molecule has 2 rings (SSSR count). The van der Waals surface area contributed by atoms with Crippen molar-refractivity contribution in [1.82, 2.24) is 4.90 Å². The van der Waals surface area contributed by atoms with E-state index in [1.165, 1.54) is 19.1 Å². The largest absolute Gasteiger partial charge is 0.448 e. The van der Waals surface area contributed by atoms with Crippen molar-refractivity contribution >= 4 is 11.7 Å². The van der Waals surface area contributed by atoms with Crippen molar-refractivity contribution in [2.24, 2.45) is 0 Å². The van der Waals surface area contributed by atoms with Gasteiger partial charge in [-0.15, -0.1) is 0 Å². The summed E-state index contributed by atoms with van der Waals surface area (Å²) < 4.78 is 18.5. The fourth-order valence-corrected chi connectivity index (χ4v) is 2.45. The third-order valence-corrected chi connectivity index (χ3v) is 3.70. The van der Waals surface area contributed by atoms with Gasteiger partial charge in [0.2, 0.25) is 0 Å². The summed E-state index contributed by atoms with van der Waals surface area (Å²) in [6, 6.07) is 7.65. The Bertz CT molecular complexity index is 700. The van der Waals surface area contributed by atoms with Gasteiger partial charge >= 0.3 is 0 Å². The molecule has 2 aromatic rings. The highest BCUT2D eigenvalue weighted by atomic mass is 19.1. The van der Waals surface area contributed by atoms with E-state index < -0.39 is 0 Å². The molecule has 0 radical (unpaired) electrons. The lowest BCUT2D eigenvalue weighted by Gasteiger charge is -2.16. The number of furan rings is 1. The molecular formula is C18H20FNO3. The van der Waals surface area contributed by atoms with Crippen LogP contribution in [0.25, 0.3) is 0 Å². The zero-order chi connectivity index (χ0) is 17.0. The highest BCUT2D eigenvalue weighted by molar-refractivity contribution is 5.97. The number of halogens is 1. The zero-order valence-corrected chi connectivity index (χ0v) is 13.6. The SMILES string of the molecule is CCN(CC)C(=O)c1cc(Cc2ccc(F)cc2)c(C(C)=O)o1. The summed E-state index contributed by atoms with van der Waals surface area (Å²) in [6.07, 6.45) is 0.407. The van der Waals surface area contributed by atoms with E-state index in [2.05, 4.69) is 0 Å². The van der Waals surface area contributed by atoms with E-state index in [0.29, 0.717) is 25.1 Å². The van der Waals surface area contributed by atoms with Crippen LogP contribution < -0.4 is 0 Å². The number of ketones is 1. The van der Waals surface area contributed by atoms with Gasteiger partial charge in [-0.2, -0.15) is 0 Å². The molecule has 0 N–H and O–H groups in total. The van der Waals surface area contributed by atoms with Crippen LogP contribution in [0.4, 0.5) is 4.39 Å². The first-order valence-corrected chi connectivity index (χ1v) is 7.63. The van der Waals surface area contributed by atoms with Crippen LogP contribution in [0.2, 0.25) is 0 Å². The van der Waals surface area contributed by atoms with Crippen molar-refractivity contribution in [3.05, 3.63) is 58.8 Å². The summed E-state index contributed by atoms with van der Waals surface area (Å²) >= 11 is 0. The maximum atomic E-state index is 13.0. The molecule has 0 aliphatic heterocycles. The van der Waals surface area contributed by atoms with Gasteiger partial charge in [-0.05, 0) is 37.6 Å². The molecule has 0 aliphatic rings. The molecule has 0 atom stereocenters. The Morgan fingerprint density at radius 2 is 1.74 bits per heavy atom.